The number of rotatable bonds is 5. The minimum absolute atomic E-state index is 0.136. The van der Waals surface area contributed by atoms with Crippen LogP contribution in [0, 0.1) is 5.82 Å². The Labute approximate surface area is 123 Å². The van der Waals surface area contributed by atoms with Crippen molar-refractivity contribution in [2.45, 2.75) is 13.0 Å². The van der Waals surface area contributed by atoms with E-state index in [1.54, 1.807) is 6.07 Å². The van der Waals surface area contributed by atoms with Gasteiger partial charge < -0.3 is 5.32 Å². The first-order chi connectivity index (χ1) is 10.3. The first kappa shape index (κ1) is 13.8. The summed E-state index contributed by atoms with van der Waals surface area (Å²) < 4.78 is 15.4. The normalized spacial score (nSPS) is 11.1. The fraction of sp³-hybridized carbons (Fsp3) is 0.235. The molecule has 0 bridgehead atoms. The lowest BCUT2D eigenvalue weighted by molar-refractivity contribution is 0.595. The molecule has 0 atom stereocenters. The highest BCUT2D eigenvalue weighted by atomic mass is 19.1. The molecule has 0 aliphatic heterocycles. The van der Waals surface area contributed by atoms with Crippen LogP contribution in [0.15, 0.2) is 48.5 Å². The van der Waals surface area contributed by atoms with Crippen molar-refractivity contribution in [2.75, 3.05) is 6.54 Å². The van der Waals surface area contributed by atoms with Crippen LogP contribution in [0.25, 0.3) is 10.9 Å². The molecule has 3 aromatic rings. The molecule has 0 saturated heterocycles. The maximum absolute atomic E-state index is 13.5. The predicted octanol–water partition coefficient (Wildman–Crippen LogP) is 3.04. The molecule has 0 unspecified atom stereocenters. The third kappa shape index (κ3) is 2.95. The number of para-hydroxylation sites is 1. The third-order valence-electron chi connectivity index (χ3n) is 3.66. The smallest absolute Gasteiger partial charge is 0.126 e. The zero-order valence-corrected chi connectivity index (χ0v) is 12.0. The van der Waals surface area contributed by atoms with E-state index < -0.39 is 0 Å². The molecule has 0 aliphatic carbocycles. The Kier molecular flexibility index (Phi) is 3.97. The third-order valence-corrected chi connectivity index (χ3v) is 3.66. The van der Waals surface area contributed by atoms with Gasteiger partial charge in [0.1, 0.15) is 5.82 Å². The van der Waals surface area contributed by atoms with Gasteiger partial charge in [0.2, 0.25) is 0 Å². The molecule has 3 rings (SSSR count). The van der Waals surface area contributed by atoms with Crippen LogP contribution in [0.2, 0.25) is 0 Å². The van der Waals surface area contributed by atoms with Gasteiger partial charge in [-0.1, -0.05) is 36.4 Å². The molecule has 0 saturated carbocycles. The van der Waals surface area contributed by atoms with Crippen LogP contribution in [0.3, 0.4) is 0 Å². The number of hydrogen-bond donors (Lipinski definition) is 1. The molecular weight excluding hydrogens is 265 g/mol. The standard InChI is InChI=1S/C17H18FN3/c1-21-17-9-5-3-7-14(17)16(20-21)12-19-11-10-13-6-2-4-8-15(13)18/h2-9,19H,10-12H2,1H3. The van der Waals surface area contributed by atoms with Gasteiger partial charge in [0.05, 0.1) is 11.2 Å². The lowest BCUT2D eigenvalue weighted by Gasteiger charge is -2.04. The molecule has 2 aromatic carbocycles. The second-order valence-electron chi connectivity index (χ2n) is 5.11. The molecule has 0 aliphatic rings. The van der Waals surface area contributed by atoms with Gasteiger partial charge in [-0.3, -0.25) is 4.68 Å². The number of nitrogens with one attached hydrogen (secondary N) is 1. The van der Waals surface area contributed by atoms with Crippen LogP contribution in [-0.4, -0.2) is 16.3 Å². The van der Waals surface area contributed by atoms with Crippen LogP contribution in [-0.2, 0) is 20.0 Å². The Morgan fingerprint density at radius 1 is 1.10 bits per heavy atom. The average Bonchev–Trinajstić information content (AvgIpc) is 2.82. The molecule has 0 spiro atoms. The number of halogens is 1. The fourth-order valence-corrected chi connectivity index (χ4v) is 2.55. The molecule has 1 N–H and O–H groups in total. The summed E-state index contributed by atoms with van der Waals surface area (Å²) >= 11 is 0. The largest absolute Gasteiger partial charge is 0.311 e. The van der Waals surface area contributed by atoms with Crippen molar-refractivity contribution >= 4 is 10.9 Å². The van der Waals surface area contributed by atoms with Crippen LogP contribution in [0.4, 0.5) is 4.39 Å². The van der Waals surface area contributed by atoms with Gasteiger partial charge in [0.25, 0.3) is 0 Å². The van der Waals surface area contributed by atoms with E-state index in [1.807, 2.05) is 36.0 Å². The molecular formula is C17H18FN3. The molecule has 1 aromatic heterocycles. The van der Waals surface area contributed by atoms with E-state index in [4.69, 9.17) is 0 Å². The molecule has 0 fully saturated rings. The van der Waals surface area contributed by atoms with Gasteiger partial charge in [-0.05, 0) is 30.7 Å². The topological polar surface area (TPSA) is 29.9 Å². The van der Waals surface area contributed by atoms with Crippen molar-refractivity contribution < 1.29 is 4.39 Å². The Morgan fingerprint density at radius 3 is 2.71 bits per heavy atom. The van der Waals surface area contributed by atoms with E-state index in [1.165, 1.54) is 11.5 Å². The van der Waals surface area contributed by atoms with Gasteiger partial charge in [-0.15, -0.1) is 0 Å². The van der Waals surface area contributed by atoms with Crippen molar-refractivity contribution in [3.63, 3.8) is 0 Å². The monoisotopic (exact) mass is 283 g/mol. The summed E-state index contributed by atoms with van der Waals surface area (Å²) in [4.78, 5) is 0. The highest BCUT2D eigenvalue weighted by molar-refractivity contribution is 5.81. The molecule has 108 valence electrons. The molecule has 1 heterocycles. The van der Waals surface area contributed by atoms with E-state index in [2.05, 4.69) is 22.5 Å². The van der Waals surface area contributed by atoms with E-state index >= 15 is 0 Å². The van der Waals surface area contributed by atoms with Crippen molar-refractivity contribution in [2.24, 2.45) is 7.05 Å². The highest BCUT2D eigenvalue weighted by Crippen LogP contribution is 2.17. The molecule has 0 amide bonds. The fourth-order valence-electron chi connectivity index (χ4n) is 2.55. The summed E-state index contributed by atoms with van der Waals surface area (Å²) in [6, 6.07) is 15.1. The molecule has 0 radical (unpaired) electrons. The van der Waals surface area contributed by atoms with Crippen molar-refractivity contribution in [1.82, 2.24) is 15.1 Å². The lowest BCUT2D eigenvalue weighted by atomic mass is 10.1. The van der Waals surface area contributed by atoms with E-state index in [0.29, 0.717) is 13.0 Å². The van der Waals surface area contributed by atoms with Gasteiger partial charge in [-0.2, -0.15) is 5.10 Å². The van der Waals surface area contributed by atoms with Crippen molar-refractivity contribution in [1.29, 1.82) is 0 Å². The Bertz CT molecular complexity index is 749. The van der Waals surface area contributed by atoms with Crippen LogP contribution < -0.4 is 5.32 Å². The zero-order chi connectivity index (χ0) is 14.7. The van der Waals surface area contributed by atoms with Gasteiger partial charge in [0.15, 0.2) is 0 Å². The van der Waals surface area contributed by atoms with Crippen molar-refractivity contribution in [3.8, 4) is 0 Å². The zero-order valence-electron chi connectivity index (χ0n) is 12.0. The second kappa shape index (κ2) is 6.06. The Morgan fingerprint density at radius 2 is 1.86 bits per heavy atom. The first-order valence-corrected chi connectivity index (χ1v) is 7.10. The average molecular weight is 283 g/mol. The maximum atomic E-state index is 13.5. The molecule has 4 heteroatoms. The SMILES string of the molecule is Cn1nc(CNCCc2ccccc2F)c2ccccc21. The summed E-state index contributed by atoms with van der Waals surface area (Å²) in [6.07, 6.45) is 0.678. The van der Waals surface area contributed by atoms with Crippen LogP contribution in [0.5, 0.6) is 0 Å². The second-order valence-corrected chi connectivity index (χ2v) is 5.11. The maximum Gasteiger partial charge on any atom is 0.126 e. The quantitative estimate of drug-likeness (QED) is 0.729. The minimum Gasteiger partial charge on any atom is -0.311 e. The van der Waals surface area contributed by atoms with Crippen LogP contribution >= 0.6 is 0 Å². The highest BCUT2D eigenvalue weighted by Gasteiger charge is 2.07. The van der Waals surface area contributed by atoms with Crippen molar-refractivity contribution in [3.05, 3.63) is 65.6 Å². The number of benzene rings is 2. The predicted molar refractivity (Wildman–Crippen MR) is 82.5 cm³/mol. The van der Waals surface area contributed by atoms with Gasteiger partial charge >= 0.3 is 0 Å². The number of hydrogen-bond acceptors (Lipinski definition) is 2. The lowest BCUT2D eigenvalue weighted by Crippen LogP contribution is -2.17. The summed E-state index contributed by atoms with van der Waals surface area (Å²) in [5.74, 6) is -0.136. The summed E-state index contributed by atoms with van der Waals surface area (Å²) in [6.45, 7) is 1.42. The number of fused-ring (bicyclic) bond motifs is 1. The first-order valence-electron chi connectivity index (χ1n) is 7.10. The summed E-state index contributed by atoms with van der Waals surface area (Å²) in [5.41, 5.74) is 2.90. The molecule has 3 nitrogen and oxygen atoms in total. The summed E-state index contributed by atoms with van der Waals surface area (Å²) in [5, 5.41) is 9.04. The van der Waals surface area contributed by atoms with Crippen LogP contribution in [0.1, 0.15) is 11.3 Å². The number of aryl methyl sites for hydroxylation is 1. The van der Waals surface area contributed by atoms with E-state index in [9.17, 15) is 4.39 Å². The number of aromatic nitrogens is 2. The Hall–Kier alpha value is -2.20. The van der Waals surface area contributed by atoms with Gasteiger partial charge in [0, 0.05) is 19.0 Å². The Balaban J connectivity index is 1.61. The van der Waals surface area contributed by atoms with E-state index in [-0.39, 0.29) is 5.82 Å². The van der Waals surface area contributed by atoms with Gasteiger partial charge in [-0.25, -0.2) is 4.39 Å². The minimum atomic E-state index is -0.136. The van der Waals surface area contributed by atoms with E-state index in [0.717, 1.165) is 23.3 Å². The molecule has 21 heavy (non-hydrogen) atoms. The summed E-state index contributed by atoms with van der Waals surface area (Å²) in [7, 11) is 1.95. The number of nitrogens with zero attached hydrogens (tertiary/aromatic N) is 2.